The van der Waals surface area contributed by atoms with Crippen LogP contribution in [0.15, 0.2) is 34.1 Å². The third-order valence-electron chi connectivity index (χ3n) is 4.69. The van der Waals surface area contributed by atoms with Crippen molar-refractivity contribution in [3.8, 4) is 10.6 Å². The minimum atomic E-state index is -0.563. The molecule has 0 saturated heterocycles. The molecule has 4 aromatic rings. The Morgan fingerprint density at radius 3 is 2.59 bits per heavy atom. The summed E-state index contributed by atoms with van der Waals surface area (Å²) < 4.78 is 16.0. The van der Waals surface area contributed by atoms with E-state index in [2.05, 4.69) is 15.0 Å². The second-order valence-electron chi connectivity index (χ2n) is 6.84. The maximum Gasteiger partial charge on any atom is 0.342 e. The highest BCUT2D eigenvalue weighted by Gasteiger charge is 2.24. The number of aryl methyl sites for hydroxylation is 2. The number of nitrogens with zero attached hydrogens (tertiary/aromatic N) is 3. The van der Waals surface area contributed by atoms with Gasteiger partial charge in [-0.1, -0.05) is 6.07 Å². The SMILES string of the molecule is CCOC(=O)c1c(C)oc2nc(COC(=O)c3ccc(-c4cccs4)nc3C)nc(N)c12. The Morgan fingerprint density at radius 1 is 1.09 bits per heavy atom. The minimum absolute atomic E-state index is 0.0408. The Balaban J connectivity index is 1.53. The lowest BCUT2D eigenvalue weighted by Gasteiger charge is -2.08. The van der Waals surface area contributed by atoms with Crippen LogP contribution in [0.3, 0.4) is 0 Å². The van der Waals surface area contributed by atoms with Crippen LogP contribution < -0.4 is 5.73 Å². The van der Waals surface area contributed by atoms with Crippen LogP contribution in [0.5, 0.6) is 0 Å². The van der Waals surface area contributed by atoms with Gasteiger partial charge in [0.15, 0.2) is 12.4 Å². The van der Waals surface area contributed by atoms with Gasteiger partial charge in [-0.2, -0.15) is 4.98 Å². The monoisotopic (exact) mass is 452 g/mol. The quantitative estimate of drug-likeness (QED) is 0.430. The second kappa shape index (κ2) is 8.75. The van der Waals surface area contributed by atoms with Crippen LogP contribution in [0.2, 0.25) is 0 Å². The number of ether oxygens (including phenoxy) is 2. The highest BCUT2D eigenvalue weighted by atomic mass is 32.1. The van der Waals surface area contributed by atoms with Crippen molar-refractivity contribution in [2.75, 3.05) is 12.3 Å². The van der Waals surface area contributed by atoms with Crippen LogP contribution in [0, 0.1) is 13.8 Å². The van der Waals surface area contributed by atoms with Gasteiger partial charge in [0.25, 0.3) is 0 Å². The second-order valence-corrected chi connectivity index (χ2v) is 7.79. The van der Waals surface area contributed by atoms with E-state index in [1.807, 2.05) is 17.5 Å². The molecule has 0 amide bonds. The summed E-state index contributed by atoms with van der Waals surface area (Å²) in [5.41, 5.74) is 8.05. The van der Waals surface area contributed by atoms with Gasteiger partial charge in [-0.05, 0) is 44.4 Å². The van der Waals surface area contributed by atoms with Crippen molar-refractivity contribution in [3.63, 3.8) is 0 Å². The normalized spacial score (nSPS) is 11.0. The number of nitrogens with two attached hydrogens (primary N) is 1. The average molecular weight is 452 g/mol. The summed E-state index contributed by atoms with van der Waals surface area (Å²) in [5.74, 6) is -0.612. The Kier molecular flexibility index (Phi) is 5.87. The molecule has 0 unspecified atom stereocenters. The molecular formula is C22H20N4O5S. The fraction of sp³-hybridized carbons (Fsp3) is 0.227. The first-order chi connectivity index (χ1) is 15.4. The first kappa shape index (κ1) is 21.4. The maximum absolute atomic E-state index is 12.6. The van der Waals surface area contributed by atoms with Gasteiger partial charge in [-0.25, -0.2) is 14.6 Å². The van der Waals surface area contributed by atoms with Gasteiger partial charge >= 0.3 is 11.9 Å². The van der Waals surface area contributed by atoms with E-state index >= 15 is 0 Å². The number of thiophene rings is 1. The highest BCUT2D eigenvalue weighted by Crippen LogP contribution is 2.29. The van der Waals surface area contributed by atoms with Crippen LogP contribution in [0.25, 0.3) is 21.7 Å². The Morgan fingerprint density at radius 2 is 1.91 bits per heavy atom. The smallest absolute Gasteiger partial charge is 0.342 e. The van der Waals surface area contributed by atoms with Crippen LogP contribution >= 0.6 is 11.3 Å². The van der Waals surface area contributed by atoms with E-state index in [9.17, 15) is 9.59 Å². The Hall–Kier alpha value is -3.79. The molecule has 2 N–H and O–H groups in total. The van der Waals surface area contributed by atoms with E-state index in [0.29, 0.717) is 17.0 Å². The molecule has 0 radical (unpaired) electrons. The van der Waals surface area contributed by atoms with E-state index < -0.39 is 11.9 Å². The molecule has 0 aliphatic carbocycles. The standard InChI is InChI=1S/C22H20N4O5S/c1-4-29-22(28)17-12(3)31-20-18(17)19(23)25-16(26-20)10-30-21(27)13-7-8-14(24-11(13)2)15-6-5-9-32-15/h5-9H,4,10H2,1-3H3,(H2,23,25,26). The zero-order valence-electron chi connectivity index (χ0n) is 17.7. The van der Waals surface area contributed by atoms with Gasteiger partial charge < -0.3 is 19.6 Å². The third kappa shape index (κ3) is 4.04. The molecular weight excluding hydrogens is 432 g/mol. The van der Waals surface area contributed by atoms with Gasteiger partial charge in [-0.15, -0.1) is 11.3 Å². The largest absolute Gasteiger partial charge is 0.462 e. The fourth-order valence-corrected chi connectivity index (χ4v) is 3.94. The molecule has 0 spiro atoms. The number of furan rings is 1. The number of aromatic nitrogens is 3. The molecule has 0 bridgehead atoms. The van der Waals surface area contributed by atoms with Gasteiger partial charge in [0.1, 0.15) is 17.1 Å². The lowest BCUT2D eigenvalue weighted by Crippen LogP contribution is -2.11. The number of fused-ring (bicyclic) bond motifs is 1. The summed E-state index contributed by atoms with van der Waals surface area (Å²) in [5, 5.41) is 2.24. The predicted molar refractivity (Wildman–Crippen MR) is 118 cm³/mol. The van der Waals surface area contributed by atoms with E-state index in [0.717, 1.165) is 10.6 Å². The van der Waals surface area contributed by atoms with Crippen LogP contribution in [-0.2, 0) is 16.1 Å². The predicted octanol–water partition coefficient (Wildman–Crippen LogP) is 4.08. The molecule has 0 aromatic carbocycles. The van der Waals surface area contributed by atoms with Crippen LogP contribution in [-0.4, -0.2) is 33.5 Å². The summed E-state index contributed by atoms with van der Waals surface area (Å²) in [6.45, 7) is 5.05. The molecule has 4 aromatic heterocycles. The molecule has 4 heterocycles. The van der Waals surface area contributed by atoms with Crippen molar-refractivity contribution in [2.45, 2.75) is 27.4 Å². The van der Waals surface area contributed by atoms with Gasteiger partial charge in [0.05, 0.1) is 33.8 Å². The molecule has 4 rings (SSSR count). The number of carbonyl (C=O) groups excluding carboxylic acids is 2. The topological polar surface area (TPSA) is 130 Å². The number of pyridine rings is 1. The Bertz CT molecular complexity index is 1310. The molecule has 0 aliphatic rings. The van der Waals surface area contributed by atoms with Crippen molar-refractivity contribution < 1.29 is 23.5 Å². The van der Waals surface area contributed by atoms with E-state index in [4.69, 9.17) is 19.6 Å². The zero-order valence-corrected chi connectivity index (χ0v) is 18.5. The fourth-order valence-electron chi connectivity index (χ4n) is 3.24. The molecule has 164 valence electrons. The van der Waals surface area contributed by atoms with Crippen LogP contribution in [0.1, 0.15) is 44.9 Å². The van der Waals surface area contributed by atoms with Gasteiger partial charge in [0.2, 0.25) is 5.71 Å². The number of hydrogen-bond acceptors (Lipinski definition) is 10. The summed E-state index contributed by atoms with van der Waals surface area (Å²) in [4.78, 5) is 38.7. The first-order valence-corrected chi connectivity index (χ1v) is 10.7. The molecule has 0 aliphatic heterocycles. The van der Waals surface area contributed by atoms with E-state index in [-0.39, 0.29) is 41.5 Å². The molecule has 10 heteroatoms. The average Bonchev–Trinajstić information content (AvgIpc) is 3.40. The summed E-state index contributed by atoms with van der Waals surface area (Å²) in [7, 11) is 0. The van der Waals surface area contributed by atoms with Crippen molar-refractivity contribution in [1.29, 1.82) is 0 Å². The first-order valence-electron chi connectivity index (χ1n) is 9.80. The number of hydrogen-bond donors (Lipinski definition) is 1. The molecule has 9 nitrogen and oxygen atoms in total. The highest BCUT2D eigenvalue weighted by molar-refractivity contribution is 7.13. The number of rotatable bonds is 6. The van der Waals surface area contributed by atoms with Gasteiger partial charge in [-0.3, -0.25) is 4.98 Å². The lowest BCUT2D eigenvalue weighted by molar-refractivity contribution is 0.0460. The Labute approximate surface area is 187 Å². The molecule has 32 heavy (non-hydrogen) atoms. The molecule has 0 saturated carbocycles. The zero-order chi connectivity index (χ0) is 22.8. The number of carbonyl (C=O) groups is 2. The maximum atomic E-state index is 12.6. The summed E-state index contributed by atoms with van der Waals surface area (Å²) in [6, 6.07) is 7.36. The van der Waals surface area contributed by atoms with Gasteiger partial charge in [0, 0.05) is 0 Å². The molecule has 0 fully saturated rings. The van der Waals surface area contributed by atoms with Crippen LogP contribution in [0.4, 0.5) is 5.82 Å². The van der Waals surface area contributed by atoms with E-state index in [1.165, 1.54) is 0 Å². The van der Waals surface area contributed by atoms with Crippen molar-refractivity contribution in [2.24, 2.45) is 0 Å². The van der Waals surface area contributed by atoms with Crippen molar-refractivity contribution in [1.82, 2.24) is 15.0 Å². The summed E-state index contributed by atoms with van der Waals surface area (Å²) in [6.07, 6.45) is 0. The minimum Gasteiger partial charge on any atom is -0.462 e. The van der Waals surface area contributed by atoms with Crippen molar-refractivity contribution >= 4 is 40.2 Å². The number of nitrogen functional groups attached to an aromatic ring is 1. The van der Waals surface area contributed by atoms with Crippen molar-refractivity contribution in [3.05, 3.63) is 58.1 Å². The lowest BCUT2D eigenvalue weighted by atomic mass is 10.1. The number of esters is 2. The number of anilines is 1. The summed E-state index contributed by atoms with van der Waals surface area (Å²) >= 11 is 1.57. The molecule has 0 atom stereocenters. The third-order valence-corrected chi connectivity index (χ3v) is 5.59. The van der Waals surface area contributed by atoms with E-state index in [1.54, 1.807) is 44.2 Å².